The van der Waals surface area contributed by atoms with Crippen molar-refractivity contribution in [2.24, 2.45) is 5.73 Å². The van der Waals surface area contributed by atoms with E-state index in [0.29, 0.717) is 23.5 Å². The summed E-state index contributed by atoms with van der Waals surface area (Å²) in [5, 5.41) is 0. The highest BCUT2D eigenvalue weighted by Crippen LogP contribution is 2.19. The molecule has 0 aliphatic rings. The largest absolute Gasteiger partial charge is 0.393 e. The van der Waals surface area contributed by atoms with Crippen LogP contribution in [0.3, 0.4) is 0 Å². The fraction of sp³-hybridized carbons (Fsp3) is 0.333. The maximum atomic E-state index is 12.1. The summed E-state index contributed by atoms with van der Waals surface area (Å²) in [6.07, 6.45) is 0.543. The molecule has 0 saturated carbocycles. The third-order valence-corrected chi connectivity index (χ3v) is 3.29. The van der Waals surface area contributed by atoms with Crippen LogP contribution >= 0.6 is 28.1 Å². The molecule has 17 heavy (non-hydrogen) atoms. The molecule has 0 fully saturated rings. The van der Waals surface area contributed by atoms with Gasteiger partial charge in [-0.05, 0) is 35.0 Å². The van der Waals surface area contributed by atoms with Crippen LogP contribution in [-0.2, 0) is 0 Å². The number of hydrogen-bond acceptors (Lipinski definition) is 2. The molecule has 1 amide bonds. The maximum absolute atomic E-state index is 12.1. The van der Waals surface area contributed by atoms with Crippen LogP contribution in [0.4, 0.5) is 0 Å². The highest BCUT2D eigenvalue weighted by molar-refractivity contribution is 9.10. The van der Waals surface area contributed by atoms with Crippen LogP contribution in [-0.4, -0.2) is 29.4 Å². The number of amides is 1. The van der Waals surface area contributed by atoms with Crippen LogP contribution in [0.25, 0.3) is 0 Å². The zero-order chi connectivity index (χ0) is 13.0. The predicted molar refractivity (Wildman–Crippen MR) is 77.2 cm³/mol. The van der Waals surface area contributed by atoms with Gasteiger partial charge in [0.2, 0.25) is 0 Å². The van der Waals surface area contributed by atoms with Crippen LogP contribution < -0.4 is 5.73 Å². The minimum absolute atomic E-state index is 0.0307. The van der Waals surface area contributed by atoms with Crippen molar-refractivity contribution in [3.63, 3.8) is 0 Å². The lowest BCUT2D eigenvalue weighted by Gasteiger charge is -2.17. The molecule has 1 aromatic carbocycles. The highest BCUT2D eigenvalue weighted by Gasteiger charge is 2.14. The van der Waals surface area contributed by atoms with Crippen molar-refractivity contribution in [1.29, 1.82) is 0 Å². The highest BCUT2D eigenvalue weighted by atomic mass is 79.9. The van der Waals surface area contributed by atoms with Gasteiger partial charge in [0.05, 0.1) is 10.6 Å². The van der Waals surface area contributed by atoms with Crippen LogP contribution in [0, 0.1) is 6.92 Å². The molecule has 0 spiro atoms. The summed E-state index contributed by atoms with van der Waals surface area (Å²) in [6, 6.07) is 5.70. The van der Waals surface area contributed by atoms with E-state index in [2.05, 4.69) is 15.9 Å². The summed E-state index contributed by atoms with van der Waals surface area (Å²) < 4.78 is 0.801. The lowest BCUT2D eigenvalue weighted by Crippen LogP contribution is -2.30. The van der Waals surface area contributed by atoms with Gasteiger partial charge in [-0.15, -0.1) is 0 Å². The number of nitrogens with two attached hydrogens (primary N) is 1. The molecular weight excluding hydrogens is 300 g/mol. The summed E-state index contributed by atoms with van der Waals surface area (Å²) in [6.45, 7) is 2.49. The average molecular weight is 315 g/mol. The molecule has 2 N–H and O–H groups in total. The van der Waals surface area contributed by atoms with E-state index in [0.717, 1.165) is 10.0 Å². The Morgan fingerprint density at radius 3 is 2.76 bits per heavy atom. The van der Waals surface area contributed by atoms with Gasteiger partial charge in [0.25, 0.3) is 5.91 Å². The standard InChI is InChI=1S/C12H15BrN2OS/c1-8-3-4-10(13)9(7-8)12(16)15(2)6-5-11(14)17/h3-4,7H,5-6H2,1-2H3,(H2,14,17). The number of carbonyl (C=O) groups is 1. The molecule has 0 bridgehead atoms. The van der Waals surface area contributed by atoms with Crippen LogP contribution in [0.5, 0.6) is 0 Å². The molecule has 0 aliphatic heterocycles. The number of aryl methyl sites for hydroxylation is 1. The normalized spacial score (nSPS) is 10.1. The number of hydrogen-bond donors (Lipinski definition) is 1. The SMILES string of the molecule is Cc1ccc(Br)c(C(=O)N(C)CCC(N)=S)c1. The van der Waals surface area contributed by atoms with E-state index in [1.807, 2.05) is 25.1 Å². The lowest BCUT2D eigenvalue weighted by molar-refractivity contribution is 0.0798. The second kappa shape index (κ2) is 6.12. The smallest absolute Gasteiger partial charge is 0.254 e. The Hall–Kier alpha value is -0.940. The Balaban J connectivity index is 2.81. The second-order valence-electron chi connectivity index (χ2n) is 3.93. The van der Waals surface area contributed by atoms with E-state index in [4.69, 9.17) is 18.0 Å². The topological polar surface area (TPSA) is 46.3 Å². The van der Waals surface area contributed by atoms with E-state index < -0.39 is 0 Å². The molecule has 0 atom stereocenters. The Kier molecular flexibility index (Phi) is 5.08. The molecule has 0 aromatic heterocycles. The Morgan fingerprint density at radius 1 is 1.53 bits per heavy atom. The van der Waals surface area contributed by atoms with Crippen LogP contribution in [0.1, 0.15) is 22.3 Å². The molecule has 0 heterocycles. The summed E-state index contributed by atoms with van der Waals surface area (Å²) in [5.41, 5.74) is 7.14. The van der Waals surface area contributed by atoms with Crippen molar-refractivity contribution in [2.75, 3.05) is 13.6 Å². The van der Waals surface area contributed by atoms with E-state index in [9.17, 15) is 4.79 Å². The molecule has 92 valence electrons. The van der Waals surface area contributed by atoms with Gasteiger partial charge in [-0.25, -0.2) is 0 Å². The number of benzene rings is 1. The van der Waals surface area contributed by atoms with Gasteiger partial charge in [0, 0.05) is 24.5 Å². The monoisotopic (exact) mass is 314 g/mol. The third-order valence-electron chi connectivity index (χ3n) is 2.39. The number of thiocarbonyl (C=S) groups is 1. The number of nitrogens with zero attached hydrogens (tertiary/aromatic N) is 1. The molecule has 3 nitrogen and oxygen atoms in total. The first-order valence-electron chi connectivity index (χ1n) is 5.21. The summed E-state index contributed by atoms with van der Waals surface area (Å²) >= 11 is 8.18. The van der Waals surface area contributed by atoms with Crippen molar-refractivity contribution in [3.8, 4) is 0 Å². The summed E-state index contributed by atoms with van der Waals surface area (Å²) in [7, 11) is 1.75. The minimum atomic E-state index is -0.0307. The van der Waals surface area contributed by atoms with Gasteiger partial charge in [-0.1, -0.05) is 23.8 Å². The van der Waals surface area contributed by atoms with Gasteiger partial charge >= 0.3 is 0 Å². The summed E-state index contributed by atoms with van der Waals surface area (Å²) in [5.74, 6) is -0.0307. The molecule has 1 rings (SSSR count). The zero-order valence-corrected chi connectivity index (χ0v) is 12.3. The Morgan fingerprint density at radius 2 is 2.18 bits per heavy atom. The first kappa shape index (κ1) is 14.1. The quantitative estimate of drug-likeness (QED) is 0.869. The first-order valence-corrected chi connectivity index (χ1v) is 6.42. The van der Waals surface area contributed by atoms with E-state index in [1.165, 1.54) is 0 Å². The van der Waals surface area contributed by atoms with Crippen molar-refractivity contribution in [1.82, 2.24) is 4.90 Å². The fourth-order valence-corrected chi connectivity index (χ4v) is 1.90. The van der Waals surface area contributed by atoms with E-state index in [1.54, 1.807) is 11.9 Å². The van der Waals surface area contributed by atoms with Crippen molar-refractivity contribution in [3.05, 3.63) is 33.8 Å². The first-order chi connectivity index (χ1) is 7.91. The Bertz CT molecular complexity index is 448. The predicted octanol–water partition coefficient (Wildman–Crippen LogP) is 2.51. The van der Waals surface area contributed by atoms with Gasteiger partial charge in [-0.3, -0.25) is 4.79 Å². The maximum Gasteiger partial charge on any atom is 0.254 e. The van der Waals surface area contributed by atoms with Crippen molar-refractivity contribution < 1.29 is 4.79 Å². The summed E-state index contributed by atoms with van der Waals surface area (Å²) in [4.78, 5) is 14.2. The molecule has 0 radical (unpaired) electrons. The lowest BCUT2D eigenvalue weighted by atomic mass is 10.1. The van der Waals surface area contributed by atoms with Gasteiger partial charge in [-0.2, -0.15) is 0 Å². The number of halogens is 1. The number of rotatable bonds is 4. The second-order valence-corrected chi connectivity index (χ2v) is 5.31. The Labute approximate surface area is 115 Å². The fourth-order valence-electron chi connectivity index (χ4n) is 1.39. The average Bonchev–Trinajstić information content (AvgIpc) is 2.28. The van der Waals surface area contributed by atoms with E-state index in [-0.39, 0.29) is 5.91 Å². The van der Waals surface area contributed by atoms with Gasteiger partial charge in [0.15, 0.2) is 0 Å². The van der Waals surface area contributed by atoms with Crippen molar-refractivity contribution >= 4 is 39.0 Å². The third kappa shape index (κ3) is 4.09. The molecule has 5 heteroatoms. The van der Waals surface area contributed by atoms with Crippen LogP contribution in [0.15, 0.2) is 22.7 Å². The van der Waals surface area contributed by atoms with E-state index >= 15 is 0 Å². The minimum Gasteiger partial charge on any atom is -0.393 e. The van der Waals surface area contributed by atoms with Crippen molar-refractivity contribution in [2.45, 2.75) is 13.3 Å². The van der Waals surface area contributed by atoms with Gasteiger partial charge in [0.1, 0.15) is 0 Å². The number of carbonyl (C=O) groups excluding carboxylic acids is 1. The molecule has 0 saturated heterocycles. The van der Waals surface area contributed by atoms with Crippen LogP contribution in [0.2, 0.25) is 0 Å². The van der Waals surface area contributed by atoms with Gasteiger partial charge < -0.3 is 10.6 Å². The zero-order valence-electron chi connectivity index (χ0n) is 9.87. The molecule has 0 unspecified atom stereocenters. The molecule has 1 aromatic rings. The molecular formula is C12H15BrN2OS. The molecule has 0 aliphatic carbocycles.